The van der Waals surface area contributed by atoms with Gasteiger partial charge in [-0.05, 0) is 46.8 Å². The molecule has 100 valence electrons. The van der Waals surface area contributed by atoms with Gasteiger partial charge in [-0.3, -0.25) is 0 Å². The van der Waals surface area contributed by atoms with Gasteiger partial charge in [-0.2, -0.15) is 5.26 Å². The highest BCUT2D eigenvalue weighted by molar-refractivity contribution is 9.10. The number of carboxylic acid groups (broad SMARTS) is 1. The topological polar surface area (TPSA) is 64.3 Å². The van der Waals surface area contributed by atoms with Crippen molar-refractivity contribution in [2.24, 2.45) is 5.92 Å². The van der Waals surface area contributed by atoms with Crippen molar-refractivity contribution >= 4 is 27.6 Å². The van der Waals surface area contributed by atoms with Crippen molar-refractivity contribution < 1.29 is 9.90 Å². The summed E-state index contributed by atoms with van der Waals surface area (Å²) >= 11 is 3.35. The first-order chi connectivity index (χ1) is 9.04. The molecule has 2 atom stereocenters. The Hall–Kier alpha value is -1.54. The zero-order valence-corrected chi connectivity index (χ0v) is 12.2. The van der Waals surface area contributed by atoms with E-state index in [-0.39, 0.29) is 0 Å². The number of aliphatic carboxylic acids is 1. The lowest BCUT2D eigenvalue weighted by molar-refractivity contribution is -0.139. The third-order valence-electron chi connectivity index (χ3n) is 3.56. The van der Waals surface area contributed by atoms with Crippen LogP contribution in [0.25, 0.3) is 0 Å². The summed E-state index contributed by atoms with van der Waals surface area (Å²) in [5.74, 6) is -0.426. The molecule has 1 aliphatic rings. The number of halogens is 1. The van der Waals surface area contributed by atoms with E-state index in [0.29, 0.717) is 34.6 Å². The van der Waals surface area contributed by atoms with Crippen LogP contribution in [-0.4, -0.2) is 23.7 Å². The Balaban J connectivity index is 2.42. The zero-order chi connectivity index (χ0) is 14.0. The fourth-order valence-corrected chi connectivity index (χ4v) is 2.97. The monoisotopic (exact) mass is 322 g/mol. The van der Waals surface area contributed by atoms with Crippen molar-refractivity contribution in [3.05, 3.63) is 28.2 Å². The number of nitriles is 1. The highest BCUT2D eigenvalue weighted by Gasteiger charge is 2.33. The molecule has 1 heterocycles. The van der Waals surface area contributed by atoms with Gasteiger partial charge in [0.15, 0.2) is 0 Å². The van der Waals surface area contributed by atoms with Crippen LogP contribution in [0.1, 0.15) is 25.3 Å². The SMILES string of the molecule is CC1CCN(c2cccc(Br)c2C#N)C(C(=O)O)C1. The minimum Gasteiger partial charge on any atom is -0.480 e. The number of rotatable bonds is 2. The van der Waals surface area contributed by atoms with Crippen LogP contribution in [0.4, 0.5) is 5.69 Å². The molecule has 0 bridgehead atoms. The number of piperidine rings is 1. The minimum atomic E-state index is -0.824. The molecular formula is C14H15BrN2O2. The zero-order valence-electron chi connectivity index (χ0n) is 10.6. The van der Waals surface area contributed by atoms with Crippen LogP contribution in [0.3, 0.4) is 0 Å². The second kappa shape index (κ2) is 5.62. The molecule has 1 aromatic rings. The molecule has 0 aliphatic carbocycles. The Morgan fingerprint density at radius 2 is 2.32 bits per heavy atom. The first-order valence-electron chi connectivity index (χ1n) is 6.22. The minimum absolute atomic E-state index is 0.398. The molecule has 0 aromatic heterocycles. The normalized spacial score (nSPS) is 22.9. The number of hydrogen-bond donors (Lipinski definition) is 1. The lowest BCUT2D eigenvalue weighted by Crippen LogP contribution is -2.47. The van der Waals surface area contributed by atoms with Crippen LogP contribution in [0.15, 0.2) is 22.7 Å². The van der Waals surface area contributed by atoms with Gasteiger partial charge in [-0.25, -0.2) is 4.79 Å². The van der Waals surface area contributed by atoms with Crippen molar-refractivity contribution in [1.29, 1.82) is 5.26 Å². The van der Waals surface area contributed by atoms with Gasteiger partial charge in [0.05, 0.1) is 11.3 Å². The second-order valence-electron chi connectivity index (χ2n) is 4.92. The third kappa shape index (κ3) is 2.74. The third-order valence-corrected chi connectivity index (χ3v) is 4.22. The maximum Gasteiger partial charge on any atom is 0.326 e. The van der Waals surface area contributed by atoms with Gasteiger partial charge < -0.3 is 10.0 Å². The van der Waals surface area contributed by atoms with E-state index in [1.807, 2.05) is 17.0 Å². The summed E-state index contributed by atoms with van der Waals surface area (Å²) in [5, 5.41) is 18.6. The van der Waals surface area contributed by atoms with E-state index in [4.69, 9.17) is 0 Å². The number of anilines is 1. The van der Waals surface area contributed by atoms with E-state index in [9.17, 15) is 15.2 Å². The van der Waals surface area contributed by atoms with Crippen molar-refractivity contribution in [3.8, 4) is 6.07 Å². The molecule has 1 N–H and O–H groups in total. The van der Waals surface area contributed by atoms with Crippen LogP contribution < -0.4 is 4.90 Å². The van der Waals surface area contributed by atoms with Crippen molar-refractivity contribution in [1.82, 2.24) is 0 Å². The van der Waals surface area contributed by atoms with Gasteiger partial charge in [0.2, 0.25) is 0 Å². The Morgan fingerprint density at radius 1 is 1.58 bits per heavy atom. The molecule has 0 amide bonds. The van der Waals surface area contributed by atoms with Crippen LogP contribution in [0.5, 0.6) is 0 Å². The van der Waals surface area contributed by atoms with Gasteiger partial charge in [-0.1, -0.05) is 13.0 Å². The molecule has 4 nitrogen and oxygen atoms in total. The molecule has 2 rings (SSSR count). The predicted octanol–water partition coefficient (Wildman–Crippen LogP) is 3.01. The summed E-state index contributed by atoms with van der Waals surface area (Å²) in [5.41, 5.74) is 1.21. The van der Waals surface area contributed by atoms with E-state index in [0.717, 1.165) is 6.42 Å². The molecule has 5 heteroatoms. The number of carbonyl (C=O) groups is 1. The fourth-order valence-electron chi connectivity index (χ4n) is 2.53. The van der Waals surface area contributed by atoms with E-state index in [2.05, 4.69) is 28.9 Å². The summed E-state index contributed by atoms with van der Waals surface area (Å²) in [7, 11) is 0. The lowest BCUT2D eigenvalue weighted by atomic mass is 9.91. The number of hydrogen-bond acceptors (Lipinski definition) is 3. The van der Waals surface area contributed by atoms with Gasteiger partial charge >= 0.3 is 5.97 Å². The van der Waals surface area contributed by atoms with Crippen molar-refractivity contribution in [2.45, 2.75) is 25.8 Å². The van der Waals surface area contributed by atoms with Crippen LogP contribution in [0, 0.1) is 17.2 Å². The maximum absolute atomic E-state index is 11.4. The molecule has 0 radical (unpaired) electrons. The number of benzene rings is 1. The second-order valence-corrected chi connectivity index (χ2v) is 5.78. The quantitative estimate of drug-likeness (QED) is 0.909. The van der Waals surface area contributed by atoms with Crippen molar-refractivity contribution in [2.75, 3.05) is 11.4 Å². The highest BCUT2D eigenvalue weighted by Crippen LogP contribution is 2.33. The summed E-state index contributed by atoms with van der Waals surface area (Å²) in [6.07, 6.45) is 1.56. The first-order valence-corrected chi connectivity index (χ1v) is 7.02. The molecule has 1 aliphatic heterocycles. The van der Waals surface area contributed by atoms with Gasteiger partial charge in [0, 0.05) is 11.0 Å². The molecule has 0 saturated carbocycles. The number of carboxylic acids is 1. The Labute approximate surface area is 120 Å². The largest absolute Gasteiger partial charge is 0.480 e. The molecule has 19 heavy (non-hydrogen) atoms. The lowest BCUT2D eigenvalue weighted by Gasteiger charge is -2.38. The van der Waals surface area contributed by atoms with Gasteiger partial charge in [0.1, 0.15) is 12.1 Å². The smallest absolute Gasteiger partial charge is 0.326 e. The van der Waals surface area contributed by atoms with Gasteiger partial charge in [0.25, 0.3) is 0 Å². The molecule has 2 unspecified atom stereocenters. The molecule has 1 fully saturated rings. The van der Waals surface area contributed by atoms with Crippen LogP contribution >= 0.6 is 15.9 Å². The molecule has 1 aromatic carbocycles. The maximum atomic E-state index is 11.4. The molecule has 0 spiro atoms. The van der Waals surface area contributed by atoms with E-state index in [1.54, 1.807) is 6.07 Å². The predicted molar refractivity (Wildman–Crippen MR) is 76.0 cm³/mol. The fraction of sp³-hybridized carbons (Fsp3) is 0.429. The standard InChI is InChI=1S/C14H15BrN2O2/c1-9-5-6-17(13(7-9)14(18)19)12-4-2-3-11(15)10(12)8-16/h2-4,9,13H,5-7H2,1H3,(H,18,19). The summed E-state index contributed by atoms with van der Waals surface area (Å²) in [6.45, 7) is 2.74. The van der Waals surface area contributed by atoms with E-state index in [1.165, 1.54) is 0 Å². The average Bonchev–Trinajstić information content (AvgIpc) is 2.38. The number of nitrogens with zero attached hydrogens (tertiary/aromatic N) is 2. The van der Waals surface area contributed by atoms with Crippen LogP contribution in [-0.2, 0) is 4.79 Å². The summed E-state index contributed by atoms with van der Waals surface area (Å²) in [6, 6.07) is 7.04. The Kier molecular flexibility index (Phi) is 4.11. The van der Waals surface area contributed by atoms with E-state index < -0.39 is 12.0 Å². The van der Waals surface area contributed by atoms with Crippen molar-refractivity contribution in [3.63, 3.8) is 0 Å². The Bertz CT molecular complexity index is 539. The summed E-state index contributed by atoms with van der Waals surface area (Å²) in [4.78, 5) is 13.3. The summed E-state index contributed by atoms with van der Waals surface area (Å²) < 4.78 is 0.704. The Morgan fingerprint density at radius 3 is 2.95 bits per heavy atom. The average molecular weight is 323 g/mol. The van der Waals surface area contributed by atoms with Crippen LogP contribution in [0.2, 0.25) is 0 Å². The highest BCUT2D eigenvalue weighted by atomic mass is 79.9. The van der Waals surface area contributed by atoms with Gasteiger partial charge in [-0.15, -0.1) is 0 Å². The molecule has 1 saturated heterocycles. The van der Waals surface area contributed by atoms with E-state index >= 15 is 0 Å². The molecular weight excluding hydrogens is 308 g/mol. The first kappa shape index (κ1) is 13.9.